The first-order chi connectivity index (χ1) is 15.1. The van der Waals surface area contributed by atoms with Gasteiger partial charge < -0.3 is 28.1 Å². The van der Waals surface area contributed by atoms with Crippen molar-refractivity contribution >= 4 is 11.1 Å². The SMILES string of the molecule is COc1cc(-c2cc3nccc(-c4c(OC)cncc4OC)c3o2)cc(OC)c1OC. The molecule has 4 rings (SSSR count). The summed E-state index contributed by atoms with van der Waals surface area (Å²) < 4.78 is 33.6. The van der Waals surface area contributed by atoms with E-state index in [-0.39, 0.29) is 0 Å². The third kappa shape index (κ3) is 3.46. The summed E-state index contributed by atoms with van der Waals surface area (Å²) in [6.07, 6.45) is 4.98. The highest BCUT2D eigenvalue weighted by Crippen LogP contribution is 2.44. The van der Waals surface area contributed by atoms with Gasteiger partial charge in [-0.05, 0) is 18.2 Å². The summed E-state index contributed by atoms with van der Waals surface area (Å²) >= 11 is 0. The normalized spacial score (nSPS) is 10.7. The van der Waals surface area contributed by atoms with E-state index in [1.807, 2.05) is 24.3 Å². The third-order valence-electron chi connectivity index (χ3n) is 4.95. The summed E-state index contributed by atoms with van der Waals surface area (Å²) in [5.74, 6) is 3.30. The molecule has 160 valence electrons. The lowest BCUT2D eigenvalue weighted by molar-refractivity contribution is 0.324. The zero-order valence-corrected chi connectivity index (χ0v) is 17.9. The standard InChI is InChI=1S/C23H22N2O6/c1-26-17-8-13(9-18(27-2)23(17)30-5)16-10-15-22(31-16)14(6-7-25-15)21-19(28-3)11-24-12-20(21)29-4/h6-12H,1-5H3. The fraction of sp³-hybridized carbons (Fsp3) is 0.217. The van der Waals surface area contributed by atoms with Crippen molar-refractivity contribution in [1.29, 1.82) is 0 Å². The van der Waals surface area contributed by atoms with Crippen LogP contribution in [0, 0.1) is 0 Å². The molecule has 0 fully saturated rings. The van der Waals surface area contributed by atoms with E-state index in [1.54, 1.807) is 54.1 Å². The molecular weight excluding hydrogens is 400 g/mol. The minimum Gasteiger partial charge on any atom is -0.494 e. The van der Waals surface area contributed by atoms with Crippen molar-refractivity contribution in [2.75, 3.05) is 35.5 Å². The molecule has 3 heterocycles. The maximum absolute atomic E-state index is 6.27. The Morgan fingerprint density at radius 1 is 0.742 bits per heavy atom. The molecule has 0 aliphatic heterocycles. The van der Waals surface area contributed by atoms with E-state index in [0.717, 1.165) is 16.7 Å². The first kappa shape index (κ1) is 20.3. The maximum Gasteiger partial charge on any atom is 0.203 e. The van der Waals surface area contributed by atoms with Gasteiger partial charge in [0.1, 0.15) is 22.8 Å². The number of rotatable bonds is 7. The van der Waals surface area contributed by atoms with E-state index in [1.165, 1.54) is 0 Å². The Bertz CT molecular complexity index is 1190. The lowest BCUT2D eigenvalue weighted by Gasteiger charge is -2.13. The van der Waals surface area contributed by atoms with Crippen molar-refractivity contribution in [3.63, 3.8) is 0 Å². The Balaban J connectivity index is 1.93. The van der Waals surface area contributed by atoms with Crippen LogP contribution >= 0.6 is 0 Å². The van der Waals surface area contributed by atoms with Crippen LogP contribution in [0.2, 0.25) is 0 Å². The van der Waals surface area contributed by atoms with Gasteiger partial charge in [0.2, 0.25) is 5.75 Å². The summed E-state index contributed by atoms with van der Waals surface area (Å²) in [4.78, 5) is 8.63. The summed E-state index contributed by atoms with van der Waals surface area (Å²) in [5, 5.41) is 0. The first-order valence-corrected chi connectivity index (χ1v) is 9.40. The van der Waals surface area contributed by atoms with Crippen LogP contribution < -0.4 is 23.7 Å². The molecule has 0 saturated heterocycles. The lowest BCUT2D eigenvalue weighted by Crippen LogP contribution is -1.95. The van der Waals surface area contributed by atoms with Crippen molar-refractivity contribution in [2.45, 2.75) is 0 Å². The molecule has 0 spiro atoms. The topological polar surface area (TPSA) is 85.1 Å². The zero-order valence-electron chi connectivity index (χ0n) is 17.9. The molecule has 8 nitrogen and oxygen atoms in total. The minimum absolute atomic E-state index is 0.509. The Hall–Kier alpha value is -3.94. The molecule has 0 radical (unpaired) electrons. The highest BCUT2D eigenvalue weighted by atomic mass is 16.5. The van der Waals surface area contributed by atoms with Gasteiger partial charge in [-0.3, -0.25) is 9.97 Å². The van der Waals surface area contributed by atoms with Gasteiger partial charge in [-0.25, -0.2) is 0 Å². The molecular formula is C23H22N2O6. The Labute approximate surface area is 179 Å². The highest BCUT2D eigenvalue weighted by molar-refractivity contribution is 5.95. The van der Waals surface area contributed by atoms with E-state index >= 15 is 0 Å². The molecule has 0 aliphatic rings. The van der Waals surface area contributed by atoms with Crippen LogP contribution in [0.4, 0.5) is 0 Å². The number of nitrogens with zero attached hydrogens (tertiary/aromatic N) is 2. The fourth-order valence-corrected chi connectivity index (χ4v) is 3.50. The van der Waals surface area contributed by atoms with Crippen LogP contribution in [0.25, 0.3) is 33.6 Å². The molecule has 1 aromatic carbocycles. The molecule has 0 N–H and O–H groups in total. The predicted octanol–water partition coefficient (Wildman–Crippen LogP) is 4.60. The third-order valence-corrected chi connectivity index (χ3v) is 4.95. The number of ether oxygens (including phenoxy) is 5. The molecule has 0 bridgehead atoms. The first-order valence-electron chi connectivity index (χ1n) is 9.40. The second-order valence-corrected chi connectivity index (χ2v) is 6.52. The van der Waals surface area contributed by atoms with Gasteiger partial charge in [-0.1, -0.05) is 0 Å². The van der Waals surface area contributed by atoms with Crippen molar-refractivity contribution in [1.82, 2.24) is 9.97 Å². The molecule has 4 aromatic rings. The van der Waals surface area contributed by atoms with Gasteiger partial charge >= 0.3 is 0 Å². The number of aromatic nitrogens is 2. The second kappa shape index (κ2) is 8.43. The van der Waals surface area contributed by atoms with Gasteiger partial charge in [-0.2, -0.15) is 0 Å². The maximum atomic E-state index is 6.27. The molecule has 0 amide bonds. The van der Waals surface area contributed by atoms with Crippen molar-refractivity contribution in [3.8, 4) is 51.2 Å². The van der Waals surface area contributed by atoms with Crippen molar-refractivity contribution < 1.29 is 28.1 Å². The summed E-state index contributed by atoms with van der Waals surface area (Å²) in [7, 11) is 7.87. The number of hydrogen-bond acceptors (Lipinski definition) is 8. The predicted molar refractivity (Wildman–Crippen MR) is 115 cm³/mol. The molecule has 3 aromatic heterocycles. The Kier molecular flexibility index (Phi) is 5.53. The molecule has 0 unspecified atom stereocenters. The summed E-state index contributed by atoms with van der Waals surface area (Å²) in [6, 6.07) is 7.36. The number of hydrogen-bond donors (Lipinski definition) is 0. The highest BCUT2D eigenvalue weighted by Gasteiger charge is 2.21. The Morgan fingerprint density at radius 3 is 1.90 bits per heavy atom. The Morgan fingerprint density at radius 2 is 1.35 bits per heavy atom. The smallest absolute Gasteiger partial charge is 0.203 e. The average Bonchev–Trinajstić information content (AvgIpc) is 3.27. The summed E-state index contributed by atoms with van der Waals surface area (Å²) in [6.45, 7) is 0. The van der Waals surface area contributed by atoms with Crippen LogP contribution in [0.1, 0.15) is 0 Å². The number of fused-ring (bicyclic) bond motifs is 1. The zero-order chi connectivity index (χ0) is 22.0. The number of methoxy groups -OCH3 is 5. The van der Waals surface area contributed by atoms with Gasteiger partial charge in [0.15, 0.2) is 17.1 Å². The molecule has 0 saturated carbocycles. The van der Waals surface area contributed by atoms with Crippen molar-refractivity contribution in [2.24, 2.45) is 0 Å². The van der Waals surface area contributed by atoms with E-state index in [2.05, 4.69) is 9.97 Å². The van der Waals surface area contributed by atoms with Gasteiger partial charge in [0.25, 0.3) is 0 Å². The van der Waals surface area contributed by atoms with E-state index < -0.39 is 0 Å². The number of pyridine rings is 2. The van der Waals surface area contributed by atoms with Crippen LogP contribution in [-0.4, -0.2) is 45.5 Å². The van der Waals surface area contributed by atoms with E-state index in [4.69, 9.17) is 28.1 Å². The molecule has 0 atom stereocenters. The molecule has 31 heavy (non-hydrogen) atoms. The number of furan rings is 1. The monoisotopic (exact) mass is 422 g/mol. The van der Waals surface area contributed by atoms with Crippen LogP contribution in [0.15, 0.2) is 47.3 Å². The van der Waals surface area contributed by atoms with Gasteiger partial charge in [0.05, 0.1) is 53.5 Å². The molecule has 8 heteroatoms. The fourth-order valence-electron chi connectivity index (χ4n) is 3.50. The quantitative estimate of drug-likeness (QED) is 0.427. The van der Waals surface area contributed by atoms with Crippen LogP contribution in [-0.2, 0) is 0 Å². The largest absolute Gasteiger partial charge is 0.494 e. The van der Waals surface area contributed by atoms with Crippen LogP contribution in [0.5, 0.6) is 28.7 Å². The molecule has 0 aliphatic carbocycles. The van der Waals surface area contributed by atoms with Gasteiger partial charge in [0, 0.05) is 23.4 Å². The second-order valence-electron chi connectivity index (χ2n) is 6.52. The van der Waals surface area contributed by atoms with E-state index in [9.17, 15) is 0 Å². The summed E-state index contributed by atoms with van der Waals surface area (Å²) in [5.41, 5.74) is 3.54. The van der Waals surface area contributed by atoms with Crippen LogP contribution in [0.3, 0.4) is 0 Å². The van der Waals surface area contributed by atoms with Gasteiger partial charge in [-0.15, -0.1) is 0 Å². The van der Waals surface area contributed by atoms with E-state index in [0.29, 0.717) is 45.6 Å². The average molecular weight is 422 g/mol. The lowest BCUT2D eigenvalue weighted by atomic mass is 10.1. The minimum atomic E-state index is 0.509. The number of benzene rings is 1. The van der Waals surface area contributed by atoms with Crippen molar-refractivity contribution in [3.05, 3.63) is 42.9 Å².